The van der Waals surface area contributed by atoms with Gasteiger partial charge < -0.3 is 10.4 Å². The molecule has 2 N–H and O–H groups in total. The molecule has 76 valence electrons. The number of rotatable bonds is 3. The van der Waals surface area contributed by atoms with Crippen molar-refractivity contribution in [2.75, 3.05) is 11.9 Å². The third kappa shape index (κ3) is 2.81. The minimum absolute atomic E-state index is 0.391. The molecule has 4 heteroatoms. The number of amides is 1. The average Bonchev–Trinajstić information content (AvgIpc) is 2.18. The van der Waals surface area contributed by atoms with E-state index in [4.69, 9.17) is 5.11 Å². The van der Waals surface area contributed by atoms with Gasteiger partial charge in [0.2, 0.25) is 0 Å². The Labute approximate surface area is 83.0 Å². The first-order valence-electron chi connectivity index (χ1n) is 4.50. The number of nitrogens with zero attached hydrogens (tertiary/aromatic N) is 1. The van der Waals surface area contributed by atoms with Gasteiger partial charge in [0.05, 0.1) is 0 Å². The van der Waals surface area contributed by atoms with Crippen LogP contribution < -0.4 is 5.32 Å². The van der Waals surface area contributed by atoms with Crippen LogP contribution in [-0.4, -0.2) is 22.6 Å². The Balaban J connectivity index is 2.78. The fourth-order valence-electron chi connectivity index (χ4n) is 1.06. The van der Waals surface area contributed by atoms with E-state index >= 15 is 0 Å². The lowest BCUT2D eigenvalue weighted by Gasteiger charge is -2.07. The lowest BCUT2D eigenvalue weighted by atomic mass is 10.1. The van der Waals surface area contributed by atoms with E-state index in [1.807, 2.05) is 6.07 Å². The number of aliphatic hydroxyl groups excluding tert-OH is 1. The summed E-state index contributed by atoms with van der Waals surface area (Å²) in [6.07, 6.45) is 1.64. The normalized spacial score (nSPS) is 10.3. The van der Waals surface area contributed by atoms with Crippen LogP contribution in [0.4, 0.5) is 5.82 Å². The molecular formula is C10H14N2O2. The van der Waals surface area contributed by atoms with Crippen LogP contribution in [0.2, 0.25) is 0 Å². The summed E-state index contributed by atoms with van der Waals surface area (Å²) in [6.45, 7) is 3.60. The zero-order chi connectivity index (χ0) is 10.6. The van der Waals surface area contributed by atoms with Gasteiger partial charge in [-0.25, -0.2) is 4.98 Å². The summed E-state index contributed by atoms with van der Waals surface area (Å²) in [5.41, 5.74) is 1.10. The molecule has 0 aromatic carbocycles. The minimum atomic E-state index is -0.520. The quantitative estimate of drug-likeness (QED) is 0.758. The van der Waals surface area contributed by atoms with Crippen molar-refractivity contribution in [3.05, 3.63) is 23.9 Å². The average molecular weight is 194 g/mol. The first-order valence-corrected chi connectivity index (χ1v) is 4.50. The van der Waals surface area contributed by atoms with Crippen LogP contribution in [0.3, 0.4) is 0 Å². The van der Waals surface area contributed by atoms with E-state index in [9.17, 15) is 4.79 Å². The van der Waals surface area contributed by atoms with Crippen molar-refractivity contribution in [3.63, 3.8) is 0 Å². The van der Waals surface area contributed by atoms with Crippen molar-refractivity contribution >= 4 is 11.7 Å². The third-order valence-electron chi connectivity index (χ3n) is 1.86. The zero-order valence-corrected chi connectivity index (χ0v) is 8.32. The molecule has 1 amide bonds. The largest absolute Gasteiger partial charge is 0.387 e. The number of hydrogen-bond donors (Lipinski definition) is 2. The van der Waals surface area contributed by atoms with Gasteiger partial charge in [0, 0.05) is 6.20 Å². The Morgan fingerprint density at radius 1 is 1.64 bits per heavy atom. The number of pyridine rings is 1. The highest BCUT2D eigenvalue weighted by Crippen LogP contribution is 2.16. The van der Waals surface area contributed by atoms with Crippen LogP contribution in [0.5, 0.6) is 0 Å². The van der Waals surface area contributed by atoms with E-state index in [1.165, 1.54) is 0 Å². The molecule has 0 atom stereocenters. The van der Waals surface area contributed by atoms with E-state index in [1.54, 1.807) is 12.3 Å². The van der Waals surface area contributed by atoms with Crippen LogP contribution in [0.1, 0.15) is 25.3 Å². The summed E-state index contributed by atoms with van der Waals surface area (Å²) in [7, 11) is 0. The molecule has 1 rings (SSSR count). The molecule has 0 radical (unpaired) electrons. The van der Waals surface area contributed by atoms with Gasteiger partial charge in [0.25, 0.3) is 5.91 Å². The Bertz CT molecular complexity index is 324. The Morgan fingerprint density at radius 3 is 2.93 bits per heavy atom. The molecule has 1 aromatic heterocycles. The molecule has 1 aromatic rings. The monoisotopic (exact) mass is 194 g/mol. The van der Waals surface area contributed by atoms with Crippen molar-refractivity contribution < 1.29 is 9.90 Å². The molecule has 1 heterocycles. The summed E-state index contributed by atoms with van der Waals surface area (Å²) in [5, 5.41) is 11.0. The first-order chi connectivity index (χ1) is 6.63. The number of aromatic nitrogens is 1. The number of carbonyl (C=O) groups is 1. The molecule has 0 unspecified atom stereocenters. The van der Waals surface area contributed by atoms with E-state index in [2.05, 4.69) is 24.1 Å². The number of hydrogen-bond acceptors (Lipinski definition) is 3. The second-order valence-electron chi connectivity index (χ2n) is 3.34. The van der Waals surface area contributed by atoms with Gasteiger partial charge in [-0.3, -0.25) is 4.79 Å². The third-order valence-corrected chi connectivity index (χ3v) is 1.86. The molecule has 0 spiro atoms. The Morgan fingerprint density at radius 2 is 2.36 bits per heavy atom. The van der Waals surface area contributed by atoms with Gasteiger partial charge in [0.15, 0.2) is 0 Å². The van der Waals surface area contributed by atoms with Crippen LogP contribution in [0.25, 0.3) is 0 Å². The van der Waals surface area contributed by atoms with Crippen LogP contribution in [-0.2, 0) is 4.79 Å². The van der Waals surface area contributed by atoms with E-state index in [-0.39, 0.29) is 0 Å². The fourth-order valence-corrected chi connectivity index (χ4v) is 1.06. The van der Waals surface area contributed by atoms with E-state index in [0.717, 1.165) is 5.56 Å². The Kier molecular flexibility index (Phi) is 3.59. The molecular weight excluding hydrogens is 180 g/mol. The predicted molar refractivity (Wildman–Crippen MR) is 54.0 cm³/mol. The SMILES string of the molecule is CC(C)c1ccnc(NC(=O)CO)c1. The van der Waals surface area contributed by atoms with Crippen molar-refractivity contribution in [2.24, 2.45) is 0 Å². The lowest BCUT2D eigenvalue weighted by molar-refractivity contribution is -0.118. The van der Waals surface area contributed by atoms with Crippen molar-refractivity contribution in [3.8, 4) is 0 Å². The van der Waals surface area contributed by atoms with Crippen molar-refractivity contribution in [1.82, 2.24) is 4.98 Å². The second kappa shape index (κ2) is 4.72. The maximum absolute atomic E-state index is 10.9. The second-order valence-corrected chi connectivity index (χ2v) is 3.34. The topological polar surface area (TPSA) is 62.2 Å². The van der Waals surface area contributed by atoms with Crippen LogP contribution in [0.15, 0.2) is 18.3 Å². The predicted octanol–water partition coefficient (Wildman–Crippen LogP) is 1.14. The number of carbonyl (C=O) groups excluding carboxylic acids is 1. The number of aliphatic hydroxyl groups is 1. The smallest absolute Gasteiger partial charge is 0.251 e. The van der Waals surface area contributed by atoms with E-state index < -0.39 is 12.5 Å². The molecule has 0 saturated carbocycles. The molecule has 0 fully saturated rings. The van der Waals surface area contributed by atoms with Crippen molar-refractivity contribution in [2.45, 2.75) is 19.8 Å². The van der Waals surface area contributed by atoms with Crippen molar-refractivity contribution in [1.29, 1.82) is 0 Å². The molecule has 0 bridgehead atoms. The number of anilines is 1. The van der Waals surface area contributed by atoms with E-state index in [0.29, 0.717) is 11.7 Å². The maximum Gasteiger partial charge on any atom is 0.251 e. The van der Waals surface area contributed by atoms with Gasteiger partial charge >= 0.3 is 0 Å². The van der Waals surface area contributed by atoms with Gasteiger partial charge in [0.1, 0.15) is 12.4 Å². The van der Waals surface area contributed by atoms with Gasteiger partial charge in [-0.05, 0) is 23.6 Å². The fraction of sp³-hybridized carbons (Fsp3) is 0.400. The molecule has 14 heavy (non-hydrogen) atoms. The molecule has 4 nitrogen and oxygen atoms in total. The number of nitrogens with one attached hydrogen (secondary N) is 1. The first kappa shape index (κ1) is 10.7. The summed E-state index contributed by atoms with van der Waals surface area (Å²) < 4.78 is 0. The van der Waals surface area contributed by atoms with Crippen LogP contribution >= 0.6 is 0 Å². The highest BCUT2D eigenvalue weighted by molar-refractivity contribution is 5.90. The van der Waals surface area contributed by atoms with Gasteiger partial charge in [-0.2, -0.15) is 0 Å². The van der Waals surface area contributed by atoms with Gasteiger partial charge in [-0.15, -0.1) is 0 Å². The lowest BCUT2D eigenvalue weighted by Crippen LogP contribution is -2.16. The van der Waals surface area contributed by atoms with Gasteiger partial charge in [-0.1, -0.05) is 13.8 Å². The standard InChI is InChI=1S/C10H14N2O2/c1-7(2)8-3-4-11-9(5-8)12-10(14)6-13/h3-5,7,13H,6H2,1-2H3,(H,11,12,14). The van der Waals surface area contributed by atoms with Crippen LogP contribution in [0, 0.1) is 0 Å². The zero-order valence-electron chi connectivity index (χ0n) is 8.32. The summed E-state index contributed by atoms with van der Waals surface area (Å²) in [6, 6.07) is 3.71. The minimum Gasteiger partial charge on any atom is -0.387 e. The maximum atomic E-state index is 10.9. The summed E-state index contributed by atoms with van der Waals surface area (Å²) in [5.74, 6) is 0.427. The molecule has 0 aliphatic heterocycles. The molecule has 0 aliphatic carbocycles. The highest BCUT2D eigenvalue weighted by Gasteiger charge is 2.03. The Hall–Kier alpha value is -1.42. The molecule has 0 saturated heterocycles. The molecule has 0 aliphatic rings. The highest BCUT2D eigenvalue weighted by atomic mass is 16.3. The summed E-state index contributed by atoms with van der Waals surface area (Å²) in [4.78, 5) is 14.8. The summed E-state index contributed by atoms with van der Waals surface area (Å²) >= 11 is 0.